The van der Waals surface area contributed by atoms with Gasteiger partial charge in [-0.25, -0.2) is 0 Å². The van der Waals surface area contributed by atoms with Gasteiger partial charge in [-0.2, -0.15) is 0 Å². The molecule has 0 aromatic heterocycles. The minimum absolute atomic E-state index is 0.0144. The summed E-state index contributed by atoms with van der Waals surface area (Å²) < 4.78 is 0. The number of rotatable bonds is 4. The maximum Gasteiger partial charge on any atom is 0.242 e. The molecule has 0 radical (unpaired) electrons. The average Bonchev–Trinajstić information content (AvgIpc) is 3.15. The van der Waals surface area contributed by atoms with Crippen LogP contribution in [0.15, 0.2) is 24.3 Å². The predicted octanol–water partition coefficient (Wildman–Crippen LogP) is 0.442. The van der Waals surface area contributed by atoms with Crippen molar-refractivity contribution in [2.45, 2.75) is 25.7 Å². The van der Waals surface area contributed by atoms with Crippen LogP contribution in [0.3, 0.4) is 0 Å². The molecule has 0 saturated heterocycles. The van der Waals surface area contributed by atoms with E-state index in [0.29, 0.717) is 5.02 Å². The molecule has 0 spiro atoms. The van der Waals surface area contributed by atoms with Crippen LogP contribution in [0.25, 0.3) is 0 Å². The molecule has 2 fully saturated rings. The van der Waals surface area contributed by atoms with Crippen LogP contribution >= 0.6 is 11.6 Å². The van der Waals surface area contributed by atoms with E-state index in [1.807, 2.05) is 0 Å². The first-order chi connectivity index (χ1) is 11.5. The fourth-order valence-corrected chi connectivity index (χ4v) is 4.18. The third-order valence-corrected chi connectivity index (χ3v) is 5.35. The SMILES string of the molecule is O=C(Cc1ccc(Cl)cc1)NNC(=O)[C@H]1[C@H]2CC[C@@H](C2)[C@@H]1C(=O)[O-]. The number of carboxylic acid groups (broad SMARTS) is 1. The number of carbonyl (C=O) groups is 3. The first-order valence-corrected chi connectivity index (χ1v) is 8.37. The van der Waals surface area contributed by atoms with Crippen molar-refractivity contribution in [1.82, 2.24) is 10.9 Å². The number of halogens is 1. The van der Waals surface area contributed by atoms with Crippen LogP contribution in [0.5, 0.6) is 0 Å². The molecule has 128 valence electrons. The molecule has 2 bridgehead atoms. The summed E-state index contributed by atoms with van der Waals surface area (Å²) in [5, 5.41) is 11.9. The van der Waals surface area contributed by atoms with E-state index in [1.165, 1.54) is 0 Å². The van der Waals surface area contributed by atoms with Crippen molar-refractivity contribution >= 4 is 29.4 Å². The molecule has 1 aromatic rings. The molecule has 0 heterocycles. The predicted molar refractivity (Wildman–Crippen MR) is 84.3 cm³/mol. The normalized spacial score (nSPS) is 27.7. The van der Waals surface area contributed by atoms with Gasteiger partial charge in [0, 0.05) is 16.9 Å². The number of hydrogen-bond acceptors (Lipinski definition) is 4. The van der Waals surface area contributed by atoms with E-state index >= 15 is 0 Å². The summed E-state index contributed by atoms with van der Waals surface area (Å²) in [5.41, 5.74) is 5.49. The number of benzene rings is 1. The Balaban J connectivity index is 1.54. The zero-order chi connectivity index (χ0) is 17.3. The Morgan fingerprint density at radius 2 is 1.67 bits per heavy atom. The van der Waals surface area contributed by atoms with E-state index < -0.39 is 23.7 Å². The zero-order valence-electron chi connectivity index (χ0n) is 13.0. The second kappa shape index (κ2) is 6.81. The fourth-order valence-electron chi connectivity index (χ4n) is 4.05. The van der Waals surface area contributed by atoms with Crippen molar-refractivity contribution in [3.05, 3.63) is 34.9 Å². The molecule has 24 heavy (non-hydrogen) atoms. The van der Waals surface area contributed by atoms with Gasteiger partial charge < -0.3 is 9.90 Å². The quantitative estimate of drug-likeness (QED) is 0.771. The molecule has 2 saturated carbocycles. The summed E-state index contributed by atoms with van der Waals surface area (Å²) in [6.07, 6.45) is 2.52. The van der Waals surface area contributed by atoms with Gasteiger partial charge in [-0.1, -0.05) is 23.7 Å². The van der Waals surface area contributed by atoms with E-state index in [9.17, 15) is 19.5 Å². The molecule has 6 nitrogen and oxygen atoms in total. The Bertz CT molecular complexity index is 661. The van der Waals surface area contributed by atoms with Crippen molar-refractivity contribution < 1.29 is 19.5 Å². The number of aliphatic carboxylic acids is 1. The average molecular weight is 350 g/mol. The van der Waals surface area contributed by atoms with Gasteiger partial charge in [0.2, 0.25) is 11.8 Å². The number of amides is 2. The number of hydrogen-bond donors (Lipinski definition) is 2. The monoisotopic (exact) mass is 349 g/mol. The Morgan fingerprint density at radius 1 is 1.04 bits per heavy atom. The number of carboxylic acids is 1. The maximum absolute atomic E-state index is 12.3. The second-order valence-corrected chi connectivity index (χ2v) is 6.98. The minimum Gasteiger partial charge on any atom is -0.550 e. The van der Waals surface area contributed by atoms with Gasteiger partial charge in [0.05, 0.1) is 12.3 Å². The maximum atomic E-state index is 12.3. The summed E-state index contributed by atoms with van der Waals surface area (Å²) in [6, 6.07) is 6.82. The lowest BCUT2D eigenvalue weighted by atomic mass is 9.79. The third-order valence-electron chi connectivity index (χ3n) is 5.09. The van der Waals surface area contributed by atoms with Crippen molar-refractivity contribution in [3.8, 4) is 0 Å². The molecule has 0 aliphatic heterocycles. The summed E-state index contributed by atoms with van der Waals surface area (Å²) in [7, 11) is 0. The molecule has 1 aromatic carbocycles. The van der Waals surface area contributed by atoms with E-state index in [1.54, 1.807) is 24.3 Å². The van der Waals surface area contributed by atoms with Gasteiger partial charge in [-0.05, 0) is 48.8 Å². The van der Waals surface area contributed by atoms with Crippen LogP contribution in [0.2, 0.25) is 5.02 Å². The number of nitrogens with one attached hydrogen (secondary N) is 2. The third kappa shape index (κ3) is 3.38. The standard InChI is InChI=1S/C17H19ClN2O4/c18-12-5-1-9(2-6-12)7-13(21)19-20-16(22)14-10-3-4-11(8-10)15(14)17(23)24/h1-2,5-6,10-11,14-15H,3-4,7-8H2,(H,19,21)(H,20,22)(H,23,24)/p-1/t10-,11-,14-,15-/m0/s1. The smallest absolute Gasteiger partial charge is 0.242 e. The van der Waals surface area contributed by atoms with Crippen molar-refractivity contribution in [2.24, 2.45) is 23.7 Å². The number of hydrazine groups is 1. The number of carbonyl (C=O) groups excluding carboxylic acids is 3. The minimum atomic E-state index is -1.17. The van der Waals surface area contributed by atoms with Crippen molar-refractivity contribution in [2.75, 3.05) is 0 Å². The van der Waals surface area contributed by atoms with Gasteiger partial charge in [-0.15, -0.1) is 0 Å². The Morgan fingerprint density at radius 3 is 2.29 bits per heavy atom. The van der Waals surface area contributed by atoms with Gasteiger partial charge in [0.25, 0.3) is 0 Å². The topological polar surface area (TPSA) is 98.3 Å². The van der Waals surface area contributed by atoms with Gasteiger partial charge in [0.1, 0.15) is 0 Å². The molecule has 4 atom stereocenters. The van der Waals surface area contributed by atoms with Crippen molar-refractivity contribution in [1.29, 1.82) is 0 Å². The summed E-state index contributed by atoms with van der Waals surface area (Å²) in [6.45, 7) is 0. The highest BCUT2D eigenvalue weighted by molar-refractivity contribution is 6.30. The Kier molecular flexibility index (Phi) is 4.76. The van der Waals surface area contributed by atoms with Crippen LogP contribution in [-0.2, 0) is 20.8 Å². The Hall–Kier alpha value is -2.08. The largest absolute Gasteiger partial charge is 0.550 e. The highest BCUT2D eigenvalue weighted by atomic mass is 35.5. The van der Waals surface area contributed by atoms with E-state index in [0.717, 1.165) is 24.8 Å². The molecule has 2 amide bonds. The van der Waals surface area contributed by atoms with E-state index in [-0.39, 0.29) is 24.2 Å². The number of fused-ring (bicyclic) bond motifs is 2. The molecular weight excluding hydrogens is 332 g/mol. The summed E-state index contributed by atoms with van der Waals surface area (Å²) >= 11 is 5.78. The van der Waals surface area contributed by atoms with Crippen LogP contribution in [0, 0.1) is 23.7 Å². The highest BCUT2D eigenvalue weighted by Crippen LogP contribution is 2.52. The first kappa shape index (κ1) is 16.8. The van der Waals surface area contributed by atoms with E-state index in [2.05, 4.69) is 10.9 Å². The fraction of sp³-hybridized carbons (Fsp3) is 0.471. The van der Waals surface area contributed by atoms with Crippen LogP contribution in [0.4, 0.5) is 0 Å². The molecule has 0 unspecified atom stereocenters. The lowest BCUT2D eigenvalue weighted by molar-refractivity contribution is -0.314. The Labute approximate surface area is 144 Å². The first-order valence-electron chi connectivity index (χ1n) is 7.99. The van der Waals surface area contributed by atoms with Crippen LogP contribution in [-0.4, -0.2) is 17.8 Å². The molecule has 2 aliphatic carbocycles. The molecule has 7 heteroatoms. The second-order valence-electron chi connectivity index (χ2n) is 6.54. The highest BCUT2D eigenvalue weighted by Gasteiger charge is 2.51. The van der Waals surface area contributed by atoms with Crippen LogP contribution < -0.4 is 16.0 Å². The van der Waals surface area contributed by atoms with Gasteiger partial charge in [0.15, 0.2) is 0 Å². The molecule has 2 N–H and O–H groups in total. The van der Waals surface area contributed by atoms with E-state index in [4.69, 9.17) is 11.6 Å². The van der Waals surface area contributed by atoms with Crippen molar-refractivity contribution in [3.63, 3.8) is 0 Å². The van der Waals surface area contributed by atoms with Crippen LogP contribution in [0.1, 0.15) is 24.8 Å². The van der Waals surface area contributed by atoms with Gasteiger partial charge in [-0.3, -0.25) is 20.4 Å². The van der Waals surface area contributed by atoms with Gasteiger partial charge >= 0.3 is 0 Å². The molecule has 2 aliphatic rings. The lowest BCUT2D eigenvalue weighted by Crippen LogP contribution is -2.50. The lowest BCUT2D eigenvalue weighted by Gasteiger charge is -2.30. The summed E-state index contributed by atoms with van der Waals surface area (Å²) in [4.78, 5) is 35.5. The molecule has 3 rings (SSSR count). The molecular formula is C17H18ClN2O4-. The summed E-state index contributed by atoms with van der Waals surface area (Å²) in [5.74, 6) is -3.29. The zero-order valence-corrected chi connectivity index (χ0v) is 13.7.